The van der Waals surface area contributed by atoms with E-state index in [-0.39, 0.29) is 18.1 Å². The summed E-state index contributed by atoms with van der Waals surface area (Å²) >= 11 is 0. The molecule has 3 rings (SSSR count). The van der Waals surface area contributed by atoms with Gasteiger partial charge in [-0.1, -0.05) is 48.5 Å². The summed E-state index contributed by atoms with van der Waals surface area (Å²) < 4.78 is 13.8. The fraction of sp³-hybridized carbons (Fsp3) is 0.208. The molecular weight excluding hydrogens is 351 g/mol. The Bertz CT molecular complexity index is 938. The van der Waals surface area contributed by atoms with Crippen molar-refractivity contribution in [1.29, 1.82) is 0 Å². The summed E-state index contributed by atoms with van der Waals surface area (Å²) in [6, 6.07) is 23.0. The molecule has 0 aliphatic rings. The molecule has 0 atom stereocenters. The standard InChI is InChI=1S/C24H25FN2O/c1-27(2)23-16-20(13-14-22(23)25)17-24(28)26-21-10-6-9-19(15-21)12-11-18-7-4-3-5-8-18/h3-10,13-16H,11-12,17H2,1-2H3,(H,26,28). The Hall–Kier alpha value is -3.14. The number of nitrogens with one attached hydrogen (secondary N) is 1. The van der Waals surface area contributed by atoms with Crippen molar-refractivity contribution in [3.8, 4) is 0 Å². The van der Waals surface area contributed by atoms with Gasteiger partial charge >= 0.3 is 0 Å². The first kappa shape index (κ1) is 19.6. The summed E-state index contributed by atoms with van der Waals surface area (Å²) in [5.74, 6) is -0.406. The van der Waals surface area contributed by atoms with Gasteiger partial charge in [-0.3, -0.25) is 4.79 Å². The lowest BCUT2D eigenvalue weighted by Gasteiger charge is -2.15. The highest BCUT2D eigenvalue weighted by molar-refractivity contribution is 5.92. The summed E-state index contributed by atoms with van der Waals surface area (Å²) in [6.45, 7) is 0. The van der Waals surface area contributed by atoms with Crippen molar-refractivity contribution in [2.24, 2.45) is 0 Å². The normalized spacial score (nSPS) is 10.5. The number of rotatable bonds is 7. The minimum Gasteiger partial charge on any atom is -0.375 e. The van der Waals surface area contributed by atoms with Crippen LogP contribution in [0.1, 0.15) is 16.7 Å². The van der Waals surface area contributed by atoms with E-state index < -0.39 is 0 Å². The number of amides is 1. The van der Waals surface area contributed by atoms with Crippen LogP contribution < -0.4 is 10.2 Å². The molecule has 3 aromatic rings. The molecular formula is C24H25FN2O. The van der Waals surface area contributed by atoms with Crippen LogP contribution in [0.25, 0.3) is 0 Å². The number of carbonyl (C=O) groups excluding carboxylic acids is 1. The Morgan fingerprint density at radius 1 is 0.857 bits per heavy atom. The third kappa shape index (κ3) is 5.43. The monoisotopic (exact) mass is 376 g/mol. The van der Waals surface area contributed by atoms with Crippen molar-refractivity contribution in [3.63, 3.8) is 0 Å². The van der Waals surface area contributed by atoms with E-state index >= 15 is 0 Å². The average Bonchev–Trinajstić information content (AvgIpc) is 2.69. The maximum Gasteiger partial charge on any atom is 0.228 e. The number of benzene rings is 3. The van der Waals surface area contributed by atoms with E-state index in [4.69, 9.17) is 0 Å². The van der Waals surface area contributed by atoms with Crippen LogP contribution in [0.3, 0.4) is 0 Å². The quantitative estimate of drug-likeness (QED) is 0.639. The zero-order valence-electron chi connectivity index (χ0n) is 16.3. The Balaban J connectivity index is 1.60. The van der Waals surface area contributed by atoms with E-state index in [1.807, 2.05) is 36.4 Å². The van der Waals surface area contributed by atoms with Crippen LogP contribution in [0.15, 0.2) is 72.8 Å². The van der Waals surface area contributed by atoms with E-state index in [1.54, 1.807) is 31.1 Å². The van der Waals surface area contributed by atoms with Gasteiger partial charge in [0.1, 0.15) is 5.82 Å². The van der Waals surface area contributed by atoms with Crippen molar-refractivity contribution in [2.75, 3.05) is 24.3 Å². The van der Waals surface area contributed by atoms with Crippen LogP contribution in [-0.4, -0.2) is 20.0 Å². The Kier molecular flexibility index (Phi) is 6.43. The van der Waals surface area contributed by atoms with Gasteiger partial charge in [-0.05, 0) is 53.8 Å². The smallest absolute Gasteiger partial charge is 0.228 e. The van der Waals surface area contributed by atoms with E-state index in [1.165, 1.54) is 17.2 Å². The molecule has 1 N–H and O–H groups in total. The molecule has 1 amide bonds. The lowest BCUT2D eigenvalue weighted by Crippen LogP contribution is -2.16. The van der Waals surface area contributed by atoms with Gasteiger partial charge in [0.2, 0.25) is 5.91 Å². The number of hydrogen-bond donors (Lipinski definition) is 1. The predicted octanol–water partition coefficient (Wildman–Crippen LogP) is 4.86. The molecule has 0 aliphatic heterocycles. The first-order valence-electron chi connectivity index (χ1n) is 9.40. The first-order valence-corrected chi connectivity index (χ1v) is 9.40. The highest BCUT2D eigenvalue weighted by Gasteiger charge is 2.09. The number of hydrogen-bond acceptors (Lipinski definition) is 2. The zero-order valence-corrected chi connectivity index (χ0v) is 16.3. The molecule has 4 heteroatoms. The summed E-state index contributed by atoms with van der Waals surface area (Å²) in [7, 11) is 3.56. The van der Waals surface area contributed by atoms with Crippen LogP contribution in [-0.2, 0) is 24.1 Å². The van der Waals surface area contributed by atoms with Gasteiger partial charge in [-0.25, -0.2) is 4.39 Å². The van der Waals surface area contributed by atoms with E-state index in [0.29, 0.717) is 5.69 Å². The highest BCUT2D eigenvalue weighted by Crippen LogP contribution is 2.20. The summed E-state index contributed by atoms with van der Waals surface area (Å²) in [5.41, 5.74) is 4.52. The predicted molar refractivity (Wildman–Crippen MR) is 113 cm³/mol. The topological polar surface area (TPSA) is 32.3 Å². The molecule has 0 fully saturated rings. The molecule has 0 saturated heterocycles. The van der Waals surface area contributed by atoms with Crippen LogP contribution >= 0.6 is 0 Å². The van der Waals surface area contributed by atoms with Gasteiger partial charge in [-0.2, -0.15) is 0 Å². The fourth-order valence-electron chi connectivity index (χ4n) is 3.14. The van der Waals surface area contributed by atoms with Gasteiger partial charge in [0.05, 0.1) is 12.1 Å². The van der Waals surface area contributed by atoms with Gasteiger partial charge in [-0.15, -0.1) is 0 Å². The van der Waals surface area contributed by atoms with Crippen LogP contribution in [0.4, 0.5) is 15.8 Å². The minimum atomic E-state index is -0.291. The molecule has 0 radical (unpaired) electrons. The van der Waals surface area contributed by atoms with Gasteiger partial charge < -0.3 is 10.2 Å². The van der Waals surface area contributed by atoms with Gasteiger partial charge in [0.25, 0.3) is 0 Å². The second-order valence-electron chi connectivity index (χ2n) is 7.09. The molecule has 3 aromatic carbocycles. The maximum absolute atomic E-state index is 13.8. The molecule has 0 bridgehead atoms. The highest BCUT2D eigenvalue weighted by atomic mass is 19.1. The van der Waals surface area contributed by atoms with Crippen molar-refractivity contribution in [3.05, 3.63) is 95.3 Å². The molecule has 0 aromatic heterocycles. The Morgan fingerprint density at radius 3 is 2.32 bits per heavy atom. The van der Waals surface area contributed by atoms with Crippen LogP contribution in [0, 0.1) is 5.82 Å². The number of nitrogens with zero attached hydrogens (tertiary/aromatic N) is 1. The Morgan fingerprint density at radius 2 is 1.57 bits per heavy atom. The molecule has 3 nitrogen and oxygen atoms in total. The van der Waals surface area contributed by atoms with Crippen LogP contribution in [0.5, 0.6) is 0 Å². The zero-order chi connectivity index (χ0) is 19.9. The van der Waals surface area contributed by atoms with E-state index in [2.05, 4.69) is 23.5 Å². The number of anilines is 2. The SMILES string of the molecule is CN(C)c1cc(CC(=O)Nc2cccc(CCc3ccccc3)c2)ccc1F. The lowest BCUT2D eigenvalue weighted by atomic mass is 10.0. The summed E-state index contributed by atoms with van der Waals surface area (Å²) in [6.07, 6.45) is 2.08. The molecule has 0 aliphatic carbocycles. The molecule has 0 spiro atoms. The molecule has 144 valence electrons. The van der Waals surface area contributed by atoms with E-state index in [9.17, 15) is 9.18 Å². The first-order chi connectivity index (χ1) is 13.5. The third-order valence-corrected chi connectivity index (χ3v) is 4.61. The Labute approximate surface area is 165 Å². The van der Waals surface area contributed by atoms with E-state index in [0.717, 1.165) is 24.1 Å². The fourth-order valence-corrected chi connectivity index (χ4v) is 3.14. The molecule has 0 saturated carbocycles. The lowest BCUT2D eigenvalue weighted by molar-refractivity contribution is -0.115. The average molecular weight is 376 g/mol. The van der Waals surface area contributed by atoms with Crippen molar-refractivity contribution in [1.82, 2.24) is 0 Å². The summed E-state index contributed by atoms with van der Waals surface area (Å²) in [5, 5.41) is 2.95. The number of carbonyl (C=O) groups is 1. The second-order valence-corrected chi connectivity index (χ2v) is 7.09. The largest absolute Gasteiger partial charge is 0.375 e. The second kappa shape index (κ2) is 9.18. The molecule has 0 unspecified atom stereocenters. The molecule has 28 heavy (non-hydrogen) atoms. The number of aryl methyl sites for hydroxylation is 2. The number of halogens is 1. The summed E-state index contributed by atoms with van der Waals surface area (Å²) in [4.78, 5) is 14.1. The minimum absolute atomic E-state index is 0.114. The van der Waals surface area contributed by atoms with Gasteiger partial charge in [0, 0.05) is 19.8 Å². The van der Waals surface area contributed by atoms with Gasteiger partial charge in [0.15, 0.2) is 0 Å². The molecule has 0 heterocycles. The van der Waals surface area contributed by atoms with Crippen molar-refractivity contribution >= 4 is 17.3 Å². The maximum atomic E-state index is 13.8. The third-order valence-electron chi connectivity index (χ3n) is 4.61. The van der Waals surface area contributed by atoms with Crippen molar-refractivity contribution in [2.45, 2.75) is 19.3 Å². The van der Waals surface area contributed by atoms with Crippen LogP contribution in [0.2, 0.25) is 0 Å². The van der Waals surface area contributed by atoms with Crippen molar-refractivity contribution < 1.29 is 9.18 Å².